The molecule has 12 atom stereocenters. The van der Waals surface area contributed by atoms with Crippen molar-refractivity contribution in [1.29, 1.82) is 0 Å². The number of likely N-dealkylation sites (N-methyl/N-ethyl adjacent to an activating group) is 2. The van der Waals surface area contributed by atoms with Gasteiger partial charge < -0.3 is 18.4 Å². The van der Waals surface area contributed by atoms with Crippen LogP contribution >= 0.6 is 0 Å². The summed E-state index contributed by atoms with van der Waals surface area (Å²) in [6.07, 6.45) is 32.2. The highest BCUT2D eigenvalue weighted by Gasteiger charge is 2.68. The molecule has 4 bridgehead atoms. The van der Waals surface area contributed by atoms with E-state index in [2.05, 4.69) is 55.9 Å². The number of ketones is 2. The van der Waals surface area contributed by atoms with Crippen LogP contribution in [-0.2, 0) is 28.7 Å². The Kier molecular flexibility index (Phi) is 14.9. The molecule has 66 heavy (non-hydrogen) atoms. The first-order valence-electron chi connectivity index (χ1n) is 28.2. The van der Waals surface area contributed by atoms with Crippen molar-refractivity contribution in [2.24, 2.45) is 68.0 Å². The molecule has 0 heterocycles. The fourth-order valence-corrected chi connectivity index (χ4v) is 18.3. The van der Waals surface area contributed by atoms with Crippen LogP contribution in [0.15, 0.2) is 0 Å². The molecule has 8 heteroatoms. The summed E-state index contributed by atoms with van der Waals surface area (Å²) in [5.41, 5.74) is -0.0338. The third kappa shape index (κ3) is 9.93. The van der Waals surface area contributed by atoms with Gasteiger partial charge >= 0.3 is 11.9 Å². The van der Waals surface area contributed by atoms with Crippen LogP contribution in [-0.4, -0.2) is 100 Å². The van der Waals surface area contributed by atoms with Crippen LogP contribution in [0.4, 0.5) is 0 Å². The Bertz CT molecular complexity index is 1780. The maximum Gasteiger partial charge on any atom is 0.312 e. The van der Waals surface area contributed by atoms with Crippen LogP contribution in [0.5, 0.6) is 0 Å². The third-order valence-corrected chi connectivity index (χ3v) is 22.1. The third-order valence-electron chi connectivity index (χ3n) is 22.1. The Morgan fingerprint density at radius 3 is 1.70 bits per heavy atom. The van der Waals surface area contributed by atoms with Crippen molar-refractivity contribution in [3.63, 3.8) is 0 Å². The molecule has 8 rings (SSSR count). The summed E-state index contributed by atoms with van der Waals surface area (Å²) in [7, 11) is 9.18. The molecule has 0 aromatic rings. The minimum Gasteiger partial charge on any atom is -0.459 e. The lowest BCUT2D eigenvalue weighted by atomic mass is 9.40. The SMILES string of the molecule is C[C@@]12CC[C@@H]3[C@@](CC[C@H]4[C@@]3(C)CCC[C@@]4(C)C(=O)OCC[N+](C)(C)CCCCCCCCCCCC[N+](C)(C)CCOC(=O)[C@@H]3CCC[C@@H]4[C@@H]3CC[C@@]35CC(=O)[C@@](C)(CC[C@@H]43)C5)(CC1=O)C2. The minimum absolute atomic E-state index is 0.0431. The zero-order valence-corrected chi connectivity index (χ0v) is 43.8. The molecule has 0 aliphatic heterocycles. The second-order valence-electron chi connectivity index (χ2n) is 27.5. The predicted octanol–water partition coefficient (Wildman–Crippen LogP) is 12.1. The number of carbonyl (C=O) groups is 4. The van der Waals surface area contributed by atoms with E-state index in [1.165, 1.54) is 83.5 Å². The van der Waals surface area contributed by atoms with Gasteiger partial charge in [-0.2, -0.15) is 0 Å². The molecule has 8 fully saturated rings. The quantitative estimate of drug-likeness (QED) is 0.0648. The molecule has 0 aromatic heterocycles. The smallest absolute Gasteiger partial charge is 0.312 e. The number of unbranched alkanes of at least 4 members (excludes halogenated alkanes) is 9. The van der Waals surface area contributed by atoms with E-state index in [1.54, 1.807) is 0 Å². The molecule has 8 aliphatic rings. The number of carbonyl (C=O) groups excluding carboxylic acids is 4. The van der Waals surface area contributed by atoms with Gasteiger partial charge in [0, 0.05) is 23.7 Å². The molecule has 0 radical (unpaired) electrons. The number of ether oxygens (including phenoxy) is 2. The highest BCUT2D eigenvalue weighted by molar-refractivity contribution is 5.88. The van der Waals surface area contributed by atoms with E-state index in [0.717, 1.165) is 131 Å². The molecule has 0 amide bonds. The molecule has 2 spiro atoms. The molecule has 8 aliphatic carbocycles. The Hall–Kier alpha value is -1.80. The van der Waals surface area contributed by atoms with Gasteiger partial charge in [0.05, 0.1) is 52.6 Å². The summed E-state index contributed by atoms with van der Waals surface area (Å²) < 4.78 is 14.1. The van der Waals surface area contributed by atoms with Crippen molar-refractivity contribution >= 4 is 23.5 Å². The number of nitrogens with zero attached hydrogens (tertiary/aromatic N) is 2. The molecule has 0 saturated heterocycles. The van der Waals surface area contributed by atoms with Gasteiger partial charge in [0.25, 0.3) is 0 Å². The number of fused-ring (bicyclic) bond motifs is 6. The number of Topliss-reactive ketones (excluding diaryl/α,β-unsaturated/α-hetero) is 2. The van der Waals surface area contributed by atoms with E-state index in [9.17, 15) is 19.2 Å². The van der Waals surface area contributed by atoms with Crippen LogP contribution in [0.2, 0.25) is 0 Å². The van der Waals surface area contributed by atoms with Gasteiger partial charge in [-0.05, 0) is 168 Å². The number of quaternary nitrogens is 2. The Morgan fingerprint density at radius 2 is 1.06 bits per heavy atom. The Morgan fingerprint density at radius 1 is 0.530 bits per heavy atom. The molecule has 8 nitrogen and oxygen atoms in total. The second-order valence-corrected chi connectivity index (χ2v) is 27.5. The Labute approximate surface area is 402 Å². The summed E-state index contributed by atoms with van der Waals surface area (Å²) in [4.78, 5) is 53.7. The van der Waals surface area contributed by atoms with Crippen molar-refractivity contribution in [3.8, 4) is 0 Å². The summed E-state index contributed by atoms with van der Waals surface area (Å²) in [6.45, 7) is 14.2. The average molecular weight is 919 g/mol. The topological polar surface area (TPSA) is 86.7 Å². The van der Waals surface area contributed by atoms with Gasteiger partial charge in [0.15, 0.2) is 0 Å². The summed E-state index contributed by atoms with van der Waals surface area (Å²) >= 11 is 0. The van der Waals surface area contributed by atoms with E-state index in [4.69, 9.17) is 9.47 Å². The highest BCUT2D eigenvalue weighted by Crippen LogP contribution is 2.73. The van der Waals surface area contributed by atoms with Crippen LogP contribution < -0.4 is 0 Å². The maximum atomic E-state index is 14.0. The van der Waals surface area contributed by atoms with Crippen molar-refractivity contribution in [2.75, 3.05) is 67.6 Å². The number of hydrogen-bond acceptors (Lipinski definition) is 6. The molecular formula is C58H98N2O6+2. The van der Waals surface area contributed by atoms with Gasteiger partial charge in [-0.15, -0.1) is 0 Å². The summed E-state index contributed by atoms with van der Waals surface area (Å²) in [5.74, 6) is 3.84. The maximum absolute atomic E-state index is 14.0. The van der Waals surface area contributed by atoms with Crippen LogP contribution in [0.3, 0.4) is 0 Å². The van der Waals surface area contributed by atoms with Gasteiger partial charge in [0.1, 0.15) is 37.9 Å². The minimum atomic E-state index is -0.414. The van der Waals surface area contributed by atoms with Gasteiger partial charge in [-0.3, -0.25) is 19.2 Å². The fraction of sp³-hybridized carbons (Fsp3) is 0.931. The lowest BCUT2D eigenvalue weighted by Gasteiger charge is -2.63. The zero-order valence-electron chi connectivity index (χ0n) is 43.8. The first-order valence-corrected chi connectivity index (χ1v) is 28.2. The summed E-state index contributed by atoms with van der Waals surface area (Å²) in [6, 6.07) is 0. The lowest BCUT2D eigenvalue weighted by Crippen LogP contribution is -2.59. The predicted molar refractivity (Wildman–Crippen MR) is 263 cm³/mol. The van der Waals surface area contributed by atoms with E-state index in [0.29, 0.717) is 54.4 Å². The molecule has 0 unspecified atom stereocenters. The van der Waals surface area contributed by atoms with Crippen molar-refractivity contribution in [1.82, 2.24) is 0 Å². The average Bonchev–Trinajstić information content (AvgIpc) is 3.56. The van der Waals surface area contributed by atoms with E-state index < -0.39 is 5.41 Å². The van der Waals surface area contributed by atoms with Crippen molar-refractivity contribution in [3.05, 3.63) is 0 Å². The van der Waals surface area contributed by atoms with Crippen molar-refractivity contribution < 1.29 is 37.6 Å². The standard InChI is InChI=1S/C58H98N2O6/c1-53-29-24-46-44-21-19-22-45(43(44)23-31-57(46,41-53)39-49(53)61)51(63)65-37-35-59(5,6)33-17-15-13-11-9-10-12-14-16-18-34-60(7,8)36-38-66-52(64)56(4)28-20-27-55(3)47(56)26-32-58-40-50(62)54(2,42-58)30-25-48(55)58/h43-48H,9-42H2,1-8H3/q+2/t43-,44+,45+,46-,47-,48-,53-,54-,55+,56+,57-,58-/m0/s1. The van der Waals surface area contributed by atoms with E-state index in [1.807, 2.05) is 0 Å². The van der Waals surface area contributed by atoms with Crippen LogP contribution in [0.25, 0.3) is 0 Å². The van der Waals surface area contributed by atoms with E-state index >= 15 is 0 Å². The van der Waals surface area contributed by atoms with Gasteiger partial charge in [0.2, 0.25) is 0 Å². The normalized spacial score (nSPS) is 40.5. The van der Waals surface area contributed by atoms with Crippen molar-refractivity contribution in [2.45, 2.75) is 207 Å². The lowest BCUT2D eigenvalue weighted by molar-refractivity contribution is -0.890. The first kappa shape index (κ1) is 50.6. The fourth-order valence-electron chi connectivity index (χ4n) is 18.3. The Balaban J connectivity index is 0.636. The van der Waals surface area contributed by atoms with Gasteiger partial charge in [-0.1, -0.05) is 72.1 Å². The van der Waals surface area contributed by atoms with E-state index in [-0.39, 0.29) is 44.9 Å². The monoisotopic (exact) mass is 919 g/mol. The zero-order chi connectivity index (χ0) is 47.2. The molecular weight excluding hydrogens is 821 g/mol. The largest absolute Gasteiger partial charge is 0.459 e. The molecule has 374 valence electrons. The second kappa shape index (κ2) is 19.4. The van der Waals surface area contributed by atoms with Crippen LogP contribution in [0.1, 0.15) is 207 Å². The molecule has 0 N–H and O–H groups in total. The number of hydrogen-bond donors (Lipinski definition) is 0. The highest BCUT2D eigenvalue weighted by atomic mass is 16.5. The first-order chi connectivity index (χ1) is 31.2. The summed E-state index contributed by atoms with van der Waals surface area (Å²) in [5, 5.41) is 0. The van der Waals surface area contributed by atoms with Gasteiger partial charge in [-0.25, -0.2) is 0 Å². The molecule has 8 saturated carbocycles. The molecule has 0 aromatic carbocycles. The number of rotatable bonds is 21. The van der Waals surface area contributed by atoms with Crippen LogP contribution in [0, 0.1) is 68.0 Å². The number of esters is 2.